The van der Waals surface area contributed by atoms with Crippen LogP contribution in [0.1, 0.15) is 15.9 Å². The van der Waals surface area contributed by atoms with E-state index >= 15 is 0 Å². The summed E-state index contributed by atoms with van der Waals surface area (Å²) >= 11 is 6.11. The second kappa shape index (κ2) is 14.1. The molecule has 1 saturated heterocycles. The summed E-state index contributed by atoms with van der Waals surface area (Å²) < 4.78 is 46.0. The molecule has 0 unspecified atom stereocenters. The maximum Gasteiger partial charge on any atom is 0.418 e. The lowest BCUT2D eigenvalue weighted by atomic mass is 10.1. The molecule has 3 aromatic carbocycles. The van der Waals surface area contributed by atoms with Crippen molar-refractivity contribution >= 4 is 70.3 Å². The fourth-order valence-electron chi connectivity index (χ4n) is 4.68. The largest absolute Gasteiger partial charge is 0.461 e. The molecule has 12 heteroatoms. The highest BCUT2D eigenvalue weighted by Crippen LogP contribution is 2.36. The van der Waals surface area contributed by atoms with Gasteiger partial charge in [0.15, 0.2) is 0 Å². The van der Waals surface area contributed by atoms with Crippen molar-refractivity contribution in [1.82, 2.24) is 9.88 Å². The van der Waals surface area contributed by atoms with Crippen LogP contribution in [0.15, 0.2) is 79.0 Å². The lowest BCUT2D eigenvalue weighted by Gasteiger charge is -2.36. The fourth-order valence-corrected chi connectivity index (χ4v) is 4.86. The van der Waals surface area contributed by atoms with Crippen LogP contribution in [0.4, 0.5) is 30.2 Å². The highest BCUT2D eigenvalue weighted by molar-refractivity contribution is 6.30. The third-order valence-corrected chi connectivity index (χ3v) is 6.91. The molecule has 0 atom stereocenters. The van der Waals surface area contributed by atoms with Crippen LogP contribution in [-0.4, -0.2) is 55.2 Å². The van der Waals surface area contributed by atoms with E-state index in [4.69, 9.17) is 16.3 Å². The van der Waals surface area contributed by atoms with Crippen LogP contribution in [0.3, 0.4) is 0 Å². The number of piperazine rings is 1. The van der Waals surface area contributed by atoms with Gasteiger partial charge in [0.05, 0.1) is 22.3 Å². The van der Waals surface area contributed by atoms with E-state index in [1.54, 1.807) is 36.4 Å². The van der Waals surface area contributed by atoms with Crippen molar-refractivity contribution in [2.45, 2.75) is 6.18 Å². The summed E-state index contributed by atoms with van der Waals surface area (Å²) in [6.45, 7) is 4.17. The monoisotopic (exact) mass is 626 g/mol. The number of halogens is 6. The molecule has 1 aliphatic heterocycles. The molecule has 6 nitrogen and oxygen atoms in total. The number of aromatic nitrogens is 1. The molecule has 0 bridgehead atoms. The first kappa shape index (κ1) is 32.3. The smallest absolute Gasteiger partial charge is 0.418 e. The number of pyridine rings is 1. The Hall–Kier alpha value is -3.24. The van der Waals surface area contributed by atoms with Crippen LogP contribution in [0.5, 0.6) is 0 Å². The molecule has 218 valence electrons. The number of alkyl halides is 3. The number of ether oxygens (including phenoxy) is 1. The van der Waals surface area contributed by atoms with Gasteiger partial charge < -0.3 is 15.0 Å². The van der Waals surface area contributed by atoms with Gasteiger partial charge in [-0.1, -0.05) is 41.9 Å². The maximum absolute atomic E-state index is 13.5. The number of anilines is 3. The summed E-state index contributed by atoms with van der Waals surface area (Å²) in [5, 5.41) is 4.11. The van der Waals surface area contributed by atoms with Gasteiger partial charge in [-0.05, 0) is 42.5 Å². The Morgan fingerprint density at radius 1 is 0.927 bits per heavy atom. The van der Waals surface area contributed by atoms with Crippen molar-refractivity contribution in [3.63, 3.8) is 0 Å². The van der Waals surface area contributed by atoms with Crippen molar-refractivity contribution in [3.05, 3.63) is 95.1 Å². The molecule has 1 fully saturated rings. The Morgan fingerprint density at radius 3 is 2.39 bits per heavy atom. The zero-order valence-corrected chi connectivity index (χ0v) is 24.1. The molecule has 0 radical (unpaired) electrons. The van der Waals surface area contributed by atoms with Crippen LogP contribution in [0.2, 0.25) is 5.02 Å². The maximum atomic E-state index is 13.5. The van der Waals surface area contributed by atoms with Gasteiger partial charge in [-0.25, -0.2) is 4.79 Å². The van der Waals surface area contributed by atoms with Crippen LogP contribution >= 0.6 is 36.4 Å². The molecule has 0 saturated carbocycles. The number of esters is 1. The number of hydrogen-bond donors (Lipinski definition) is 1. The number of benzene rings is 3. The number of carbonyl (C=O) groups excluding carboxylic acids is 1. The first-order valence-corrected chi connectivity index (χ1v) is 12.9. The van der Waals surface area contributed by atoms with Crippen LogP contribution in [-0.2, 0) is 10.9 Å². The minimum absolute atomic E-state index is 0. The Bertz CT molecular complexity index is 1480. The van der Waals surface area contributed by atoms with E-state index in [1.165, 1.54) is 12.3 Å². The molecular formula is C29H28Cl3F3N4O2. The van der Waals surface area contributed by atoms with Gasteiger partial charge in [-0.2, -0.15) is 13.2 Å². The molecule has 0 amide bonds. The quantitative estimate of drug-likeness (QED) is 0.215. The summed E-state index contributed by atoms with van der Waals surface area (Å²) in [6.07, 6.45) is -3.22. The third-order valence-electron chi connectivity index (χ3n) is 6.68. The molecule has 41 heavy (non-hydrogen) atoms. The van der Waals surface area contributed by atoms with E-state index in [9.17, 15) is 18.0 Å². The third kappa shape index (κ3) is 7.74. The van der Waals surface area contributed by atoms with E-state index in [1.807, 2.05) is 24.3 Å². The second-order valence-electron chi connectivity index (χ2n) is 9.17. The Morgan fingerprint density at radius 2 is 1.66 bits per heavy atom. The minimum Gasteiger partial charge on any atom is -0.461 e. The number of carbonyl (C=O) groups is 1. The molecule has 0 spiro atoms. The van der Waals surface area contributed by atoms with Gasteiger partial charge >= 0.3 is 12.1 Å². The van der Waals surface area contributed by atoms with E-state index < -0.39 is 17.7 Å². The number of para-hydroxylation sites is 2. The molecule has 1 aliphatic rings. The number of fused-ring (bicyclic) bond motifs is 1. The minimum atomic E-state index is -4.53. The van der Waals surface area contributed by atoms with Crippen LogP contribution < -0.4 is 10.2 Å². The molecule has 1 aromatic heterocycles. The normalized spacial score (nSPS) is 13.7. The van der Waals surface area contributed by atoms with Crippen molar-refractivity contribution in [1.29, 1.82) is 0 Å². The lowest BCUT2D eigenvalue weighted by Crippen LogP contribution is -2.47. The Labute approximate surface area is 253 Å². The molecule has 2 heterocycles. The van der Waals surface area contributed by atoms with E-state index in [2.05, 4.69) is 20.1 Å². The average Bonchev–Trinajstić information content (AvgIpc) is 2.93. The molecule has 5 rings (SSSR count). The molecule has 0 aliphatic carbocycles. The lowest BCUT2D eigenvalue weighted by molar-refractivity contribution is -0.136. The van der Waals surface area contributed by atoms with Crippen molar-refractivity contribution in [2.24, 2.45) is 0 Å². The summed E-state index contributed by atoms with van der Waals surface area (Å²) in [5.41, 5.74) is 1.25. The SMILES string of the molecule is Cl.Cl.O=C(OCCN1CCN(c2cccc(Cl)c2)CC1)c1ccccc1Nc1ccnc2c(C(F)(F)F)cccc12. The van der Waals surface area contributed by atoms with Crippen molar-refractivity contribution < 1.29 is 22.7 Å². The van der Waals surface area contributed by atoms with Gasteiger partial charge in [-0.3, -0.25) is 9.88 Å². The zero-order valence-electron chi connectivity index (χ0n) is 21.7. The van der Waals surface area contributed by atoms with Crippen LogP contribution in [0, 0.1) is 0 Å². The van der Waals surface area contributed by atoms with Gasteiger partial charge in [0, 0.05) is 60.7 Å². The second-order valence-corrected chi connectivity index (χ2v) is 9.61. The van der Waals surface area contributed by atoms with Crippen LogP contribution in [0.25, 0.3) is 10.9 Å². The Kier molecular flexibility index (Phi) is 11.1. The molecule has 4 aromatic rings. The average molecular weight is 628 g/mol. The zero-order chi connectivity index (χ0) is 27.4. The highest BCUT2D eigenvalue weighted by Gasteiger charge is 2.33. The first-order chi connectivity index (χ1) is 18.8. The number of nitrogens with one attached hydrogen (secondary N) is 1. The van der Waals surface area contributed by atoms with E-state index in [0.717, 1.165) is 37.9 Å². The van der Waals surface area contributed by atoms with Crippen molar-refractivity contribution in [2.75, 3.05) is 49.5 Å². The number of rotatable bonds is 7. The van der Waals surface area contributed by atoms with E-state index in [-0.39, 0.29) is 36.9 Å². The molecular weight excluding hydrogens is 600 g/mol. The summed E-state index contributed by atoms with van der Waals surface area (Å²) in [6, 6.07) is 20.0. The summed E-state index contributed by atoms with van der Waals surface area (Å²) in [7, 11) is 0. The number of nitrogens with zero attached hydrogens (tertiary/aromatic N) is 3. The highest BCUT2D eigenvalue weighted by atomic mass is 35.5. The standard InChI is InChI=1S/C29H26ClF3N4O2.2ClH/c30-20-5-3-6-21(19-20)37-15-13-36(14-16-37)17-18-39-28(38)23-7-1-2-10-25(23)35-26-11-12-34-27-22(26)8-4-9-24(27)29(31,32)33;;/h1-12,19H,13-18H2,(H,34,35);2*1H. The van der Waals surface area contributed by atoms with Gasteiger partial charge in [0.25, 0.3) is 0 Å². The number of hydrogen-bond acceptors (Lipinski definition) is 6. The summed E-state index contributed by atoms with van der Waals surface area (Å²) in [5.74, 6) is -0.509. The van der Waals surface area contributed by atoms with Gasteiger partial charge in [0.2, 0.25) is 0 Å². The first-order valence-electron chi connectivity index (χ1n) is 12.5. The van der Waals surface area contributed by atoms with E-state index in [0.29, 0.717) is 33.9 Å². The predicted octanol–water partition coefficient (Wildman–Crippen LogP) is 7.47. The molecule has 1 N–H and O–H groups in total. The van der Waals surface area contributed by atoms with Gasteiger partial charge in [0.1, 0.15) is 6.61 Å². The topological polar surface area (TPSA) is 57.7 Å². The predicted molar refractivity (Wildman–Crippen MR) is 161 cm³/mol. The van der Waals surface area contributed by atoms with Crippen molar-refractivity contribution in [3.8, 4) is 0 Å². The fraction of sp³-hybridized carbons (Fsp3) is 0.241. The van der Waals surface area contributed by atoms with Gasteiger partial charge in [-0.15, -0.1) is 24.8 Å². The Balaban J connectivity index is 0.00000231. The summed E-state index contributed by atoms with van der Waals surface area (Å²) in [4.78, 5) is 21.4.